The van der Waals surface area contributed by atoms with Crippen LogP contribution in [0.5, 0.6) is 0 Å². The molecule has 2 unspecified atom stereocenters. The molecular formula is C13H23NOS. The van der Waals surface area contributed by atoms with Gasteiger partial charge in [-0.2, -0.15) is 11.8 Å². The number of likely N-dealkylation sites (N-methyl/N-ethyl adjacent to an activating group) is 1. The highest BCUT2D eigenvalue weighted by atomic mass is 32.2. The molecule has 2 nitrogen and oxygen atoms in total. The molecule has 16 heavy (non-hydrogen) atoms. The normalized spacial score (nSPS) is 28.1. The second-order valence-electron chi connectivity index (χ2n) is 4.54. The first kappa shape index (κ1) is 12.3. The summed E-state index contributed by atoms with van der Waals surface area (Å²) in [6.45, 7) is 4.12. The molecule has 2 aliphatic heterocycles. The highest BCUT2D eigenvalue weighted by Gasteiger charge is 2.28. The zero-order valence-corrected chi connectivity index (χ0v) is 11.0. The van der Waals surface area contributed by atoms with Gasteiger partial charge < -0.3 is 10.1 Å². The average molecular weight is 241 g/mol. The van der Waals surface area contributed by atoms with E-state index in [2.05, 4.69) is 30.1 Å². The lowest BCUT2D eigenvalue weighted by molar-refractivity contribution is 0.165. The summed E-state index contributed by atoms with van der Waals surface area (Å²) in [7, 11) is 0. The van der Waals surface area contributed by atoms with E-state index in [1.807, 2.05) is 0 Å². The zero-order chi connectivity index (χ0) is 11.2. The van der Waals surface area contributed by atoms with Gasteiger partial charge in [-0.15, -0.1) is 0 Å². The van der Waals surface area contributed by atoms with Crippen LogP contribution in [0.25, 0.3) is 0 Å². The van der Waals surface area contributed by atoms with Crippen molar-refractivity contribution in [2.75, 3.05) is 18.9 Å². The lowest BCUT2D eigenvalue weighted by Crippen LogP contribution is -2.42. The highest BCUT2D eigenvalue weighted by Crippen LogP contribution is 2.31. The van der Waals surface area contributed by atoms with Gasteiger partial charge in [0.1, 0.15) is 5.76 Å². The Kier molecular flexibility index (Phi) is 5.04. The molecule has 0 radical (unpaired) electrons. The minimum atomic E-state index is 0.454. The molecule has 2 aliphatic rings. The van der Waals surface area contributed by atoms with Gasteiger partial charge in [0.05, 0.1) is 12.6 Å². The van der Waals surface area contributed by atoms with E-state index in [-0.39, 0.29) is 0 Å². The molecule has 1 N–H and O–H groups in total. The maximum atomic E-state index is 5.83. The van der Waals surface area contributed by atoms with Crippen molar-refractivity contribution in [1.82, 2.24) is 5.32 Å². The largest absolute Gasteiger partial charge is 0.497 e. The number of thioether (sulfide) groups is 1. The summed E-state index contributed by atoms with van der Waals surface area (Å²) in [6.07, 6.45) is 8.77. The van der Waals surface area contributed by atoms with E-state index in [0.717, 1.165) is 18.4 Å². The molecule has 0 saturated carbocycles. The second-order valence-corrected chi connectivity index (χ2v) is 5.88. The molecule has 0 aliphatic carbocycles. The van der Waals surface area contributed by atoms with Crippen LogP contribution in [0.1, 0.15) is 39.0 Å². The van der Waals surface area contributed by atoms with Gasteiger partial charge in [-0.3, -0.25) is 0 Å². The summed E-state index contributed by atoms with van der Waals surface area (Å²) in [6, 6.07) is 0.454. The summed E-state index contributed by atoms with van der Waals surface area (Å²) in [5, 5.41) is 4.33. The fourth-order valence-electron chi connectivity index (χ4n) is 2.46. The van der Waals surface area contributed by atoms with Crippen LogP contribution >= 0.6 is 11.8 Å². The maximum absolute atomic E-state index is 5.83. The Morgan fingerprint density at radius 2 is 2.44 bits per heavy atom. The summed E-state index contributed by atoms with van der Waals surface area (Å²) in [5.41, 5.74) is 0. The molecule has 0 aromatic rings. The van der Waals surface area contributed by atoms with Crippen LogP contribution in [0.4, 0.5) is 0 Å². The van der Waals surface area contributed by atoms with Crippen molar-refractivity contribution in [3.8, 4) is 0 Å². The van der Waals surface area contributed by atoms with E-state index in [1.165, 1.54) is 43.6 Å². The van der Waals surface area contributed by atoms with Crippen LogP contribution < -0.4 is 5.32 Å². The Labute approximate surface area is 103 Å². The molecule has 0 aromatic carbocycles. The molecule has 3 heteroatoms. The number of hydrogen-bond acceptors (Lipinski definition) is 3. The summed E-state index contributed by atoms with van der Waals surface area (Å²) < 4.78 is 5.83. The van der Waals surface area contributed by atoms with Gasteiger partial charge in [-0.25, -0.2) is 0 Å². The van der Waals surface area contributed by atoms with E-state index in [4.69, 9.17) is 4.74 Å². The van der Waals surface area contributed by atoms with E-state index >= 15 is 0 Å². The van der Waals surface area contributed by atoms with Gasteiger partial charge in [-0.1, -0.05) is 13.3 Å². The van der Waals surface area contributed by atoms with Gasteiger partial charge >= 0.3 is 0 Å². The molecule has 0 aromatic heterocycles. The highest BCUT2D eigenvalue weighted by molar-refractivity contribution is 8.00. The number of rotatable bonds is 4. The van der Waals surface area contributed by atoms with E-state index < -0.39 is 0 Å². The van der Waals surface area contributed by atoms with Crippen molar-refractivity contribution >= 4 is 11.8 Å². The van der Waals surface area contributed by atoms with Crippen molar-refractivity contribution in [3.63, 3.8) is 0 Å². The Balaban J connectivity index is 1.99. The maximum Gasteiger partial charge on any atom is 0.110 e. The first-order valence-electron chi connectivity index (χ1n) is 6.59. The third-order valence-electron chi connectivity index (χ3n) is 3.28. The topological polar surface area (TPSA) is 21.3 Å². The van der Waals surface area contributed by atoms with Crippen LogP contribution in [-0.4, -0.2) is 30.2 Å². The third-order valence-corrected chi connectivity index (χ3v) is 4.74. The van der Waals surface area contributed by atoms with Gasteiger partial charge in [-0.05, 0) is 44.1 Å². The van der Waals surface area contributed by atoms with Crippen LogP contribution in [0.3, 0.4) is 0 Å². The SMILES string of the molecule is CCNC(C1=CCCCO1)C1CCCCS1. The first-order chi connectivity index (χ1) is 7.92. The van der Waals surface area contributed by atoms with Crippen LogP contribution in [0, 0.1) is 0 Å². The fraction of sp³-hybridized carbons (Fsp3) is 0.846. The molecule has 1 fully saturated rings. The van der Waals surface area contributed by atoms with Gasteiger partial charge in [0.2, 0.25) is 0 Å². The van der Waals surface area contributed by atoms with Crippen molar-refractivity contribution < 1.29 is 4.74 Å². The third kappa shape index (κ3) is 3.17. The van der Waals surface area contributed by atoms with Crippen LogP contribution in [0.15, 0.2) is 11.8 Å². The molecule has 0 spiro atoms. The summed E-state index contributed by atoms with van der Waals surface area (Å²) >= 11 is 2.12. The molecule has 2 heterocycles. The number of nitrogens with one attached hydrogen (secondary N) is 1. The summed E-state index contributed by atoms with van der Waals surface area (Å²) in [4.78, 5) is 0. The van der Waals surface area contributed by atoms with E-state index in [0.29, 0.717) is 6.04 Å². The summed E-state index contributed by atoms with van der Waals surface area (Å²) in [5.74, 6) is 2.53. The molecule has 0 amide bonds. The molecule has 1 saturated heterocycles. The van der Waals surface area contributed by atoms with Crippen molar-refractivity contribution in [3.05, 3.63) is 11.8 Å². The lowest BCUT2D eigenvalue weighted by Gasteiger charge is -2.33. The molecule has 0 bridgehead atoms. The Hall–Kier alpha value is -0.150. The van der Waals surface area contributed by atoms with Crippen molar-refractivity contribution in [2.24, 2.45) is 0 Å². The van der Waals surface area contributed by atoms with Crippen LogP contribution in [-0.2, 0) is 4.74 Å². The van der Waals surface area contributed by atoms with Crippen LogP contribution in [0.2, 0.25) is 0 Å². The van der Waals surface area contributed by atoms with Crippen molar-refractivity contribution in [2.45, 2.75) is 50.3 Å². The molecule has 2 atom stereocenters. The standard InChI is InChI=1S/C13H23NOS/c1-2-14-13(11-7-3-5-9-15-11)12-8-4-6-10-16-12/h7,12-14H,2-6,8-10H2,1H3. The minimum Gasteiger partial charge on any atom is -0.497 e. The monoisotopic (exact) mass is 241 g/mol. The van der Waals surface area contributed by atoms with Gasteiger partial charge in [0.15, 0.2) is 0 Å². The Morgan fingerprint density at radius 3 is 3.06 bits per heavy atom. The minimum absolute atomic E-state index is 0.454. The van der Waals surface area contributed by atoms with Gasteiger partial charge in [0, 0.05) is 5.25 Å². The smallest absolute Gasteiger partial charge is 0.110 e. The Morgan fingerprint density at radius 1 is 1.50 bits per heavy atom. The quantitative estimate of drug-likeness (QED) is 0.817. The predicted octanol–water partition coefficient (Wildman–Crippen LogP) is 2.94. The van der Waals surface area contributed by atoms with E-state index in [1.54, 1.807) is 0 Å². The Bertz CT molecular complexity index is 236. The number of hydrogen-bond donors (Lipinski definition) is 1. The predicted molar refractivity (Wildman–Crippen MR) is 70.8 cm³/mol. The number of ether oxygens (including phenoxy) is 1. The molecule has 2 rings (SSSR count). The van der Waals surface area contributed by atoms with Crippen molar-refractivity contribution in [1.29, 1.82) is 0 Å². The van der Waals surface area contributed by atoms with Gasteiger partial charge in [0.25, 0.3) is 0 Å². The number of allylic oxidation sites excluding steroid dienone is 1. The lowest BCUT2D eigenvalue weighted by atomic mass is 10.0. The van der Waals surface area contributed by atoms with E-state index in [9.17, 15) is 0 Å². The zero-order valence-electron chi connectivity index (χ0n) is 10.2. The average Bonchev–Trinajstić information content (AvgIpc) is 2.38. The molecular weight excluding hydrogens is 218 g/mol. The second kappa shape index (κ2) is 6.55. The molecule has 92 valence electrons. The first-order valence-corrected chi connectivity index (χ1v) is 7.64. The fourth-order valence-corrected chi connectivity index (χ4v) is 3.89.